The monoisotopic (exact) mass is 204 g/mol. The lowest BCUT2D eigenvalue weighted by molar-refractivity contribution is 1.09. The predicted molar refractivity (Wildman–Crippen MR) is 59.5 cm³/mol. The minimum absolute atomic E-state index is 0.615. The summed E-state index contributed by atoms with van der Waals surface area (Å²) in [5.74, 6) is 0.748. The summed E-state index contributed by atoms with van der Waals surface area (Å²) < 4.78 is 1.29. The predicted octanol–water partition coefficient (Wildman–Crippen LogP) is 2.63. The second-order valence-corrected chi connectivity index (χ2v) is 4.83. The van der Waals surface area contributed by atoms with Crippen molar-refractivity contribution in [2.24, 2.45) is 5.73 Å². The molecule has 0 radical (unpaired) electrons. The molecule has 14 heavy (non-hydrogen) atoms. The largest absolute Gasteiger partial charge is 0.326 e. The smallest absolute Gasteiger partial charge is 0.0969 e. The van der Waals surface area contributed by atoms with E-state index in [0.717, 1.165) is 11.4 Å². The van der Waals surface area contributed by atoms with Crippen molar-refractivity contribution in [2.45, 2.75) is 25.3 Å². The summed E-state index contributed by atoms with van der Waals surface area (Å²) in [7, 11) is 0. The Morgan fingerprint density at radius 3 is 3.00 bits per heavy atom. The topological polar surface area (TPSA) is 38.9 Å². The van der Waals surface area contributed by atoms with Crippen molar-refractivity contribution in [3.63, 3.8) is 0 Å². The number of benzene rings is 1. The van der Waals surface area contributed by atoms with Gasteiger partial charge in [0.2, 0.25) is 0 Å². The van der Waals surface area contributed by atoms with Gasteiger partial charge in [-0.05, 0) is 24.5 Å². The highest BCUT2D eigenvalue weighted by molar-refractivity contribution is 7.18. The molecule has 1 saturated carbocycles. The first-order valence-corrected chi connectivity index (χ1v) is 5.78. The Balaban J connectivity index is 2.20. The highest BCUT2D eigenvalue weighted by Gasteiger charge is 2.27. The molecule has 72 valence electrons. The maximum atomic E-state index is 5.70. The fourth-order valence-electron chi connectivity index (χ4n) is 1.69. The van der Waals surface area contributed by atoms with Gasteiger partial charge in [0.15, 0.2) is 0 Å². The van der Waals surface area contributed by atoms with E-state index < -0.39 is 0 Å². The average Bonchev–Trinajstić information content (AvgIpc) is 2.97. The number of fused-ring (bicyclic) bond motifs is 1. The highest BCUT2D eigenvalue weighted by atomic mass is 32.1. The lowest BCUT2D eigenvalue weighted by atomic mass is 10.2. The summed E-state index contributed by atoms with van der Waals surface area (Å²) in [6.45, 7) is 0.615. The van der Waals surface area contributed by atoms with Crippen LogP contribution >= 0.6 is 11.3 Å². The van der Waals surface area contributed by atoms with Crippen molar-refractivity contribution in [1.82, 2.24) is 4.98 Å². The molecule has 1 aromatic carbocycles. The zero-order valence-corrected chi connectivity index (χ0v) is 8.68. The molecule has 0 saturated heterocycles. The second-order valence-electron chi connectivity index (χ2n) is 3.80. The SMILES string of the molecule is NCc1cccc2nc(C3CC3)sc12. The second kappa shape index (κ2) is 3.04. The van der Waals surface area contributed by atoms with Gasteiger partial charge in [-0.3, -0.25) is 0 Å². The maximum absolute atomic E-state index is 5.70. The maximum Gasteiger partial charge on any atom is 0.0969 e. The molecule has 1 fully saturated rings. The number of rotatable bonds is 2. The number of thiazole rings is 1. The third kappa shape index (κ3) is 1.24. The van der Waals surface area contributed by atoms with Gasteiger partial charge in [0, 0.05) is 12.5 Å². The van der Waals surface area contributed by atoms with Crippen molar-refractivity contribution < 1.29 is 0 Å². The lowest BCUT2D eigenvalue weighted by Gasteiger charge is -1.95. The fourth-order valence-corrected chi connectivity index (χ4v) is 2.95. The Bertz CT molecular complexity index is 471. The summed E-state index contributed by atoms with van der Waals surface area (Å²) in [5, 5.41) is 1.31. The molecule has 0 aliphatic heterocycles. The molecule has 0 atom stereocenters. The number of hydrogen-bond donors (Lipinski definition) is 1. The molecule has 1 heterocycles. The van der Waals surface area contributed by atoms with E-state index in [9.17, 15) is 0 Å². The van der Waals surface area contributed by atoms with E-state index >= 15 is 0 Å². The minimum atomic E-state index is 0.615. The fraction of sp³-hybridized carbons (Fsp3) is 0.364. The summed E-state index contributed by atoms with van der Waals surface area (Å²) in [5.41, 5.74) is 8.05. The van der Waals surface area contributed by atoms with Crippen LogP contribution in [-0.4, -0.2) is 4.98 Å². The van der Waals surface area contributed by atoms with Crippen molar-refractivity contribution in [3.05, 3.63) is 28.8 Å². The first kappa shape index (κ1) is 8.38. The van der Waals surface area contributed by atoms with E-state index in [0.29, 0.717) is 6.54 Å². The molecule has 3 heteroatoms. The van der Waals surface area contributed by atoms with Crippen molar-refractivity contribution in [2.75, 3.05) is 0 Å². The van der Waals surface area contributed by atoms with E-state index in [1.54, 1.807) is 0 Å². The third-order valence-corrected chi connectivity index (χ3v) is 3.97. The summed E-state index contributed by atoms with van der Waals surface area (Å²) in [6.07, 6.45) is 2.63. The molecule has 0 bridgehead atoms. The normalized spacial score (nSPS) is 16.4. The van der Waals surface area contributed by atoms with E-state index in [1.807, 2.05) is 17.4 Å². The molecule has 1 aliphatic carbocycles. The Morgan fingerprint density at radius 1 is 1.43 bits per heavy atom. The standard InChI is InChI=1S/C11H12N2S/c12-6-8-2-1-3-9-10(8)14-11(13-9)7-4-5-7/h1-3,7H,4-6,12H2. The zero-order chi connectivity index (χ0) is 9.54. The minimum Gasteiger partial charge on any atom is -0.326 e. The van der Waals surface area contributed by atoms with Crippen LogP contribution < -0.4 is 5.73 Å². The van der Waals surface area contributed by atoms with Gasteiger partial charge in [0.25, 0.3) is 0 Å². The zero-order valence-electron chi connectivity index (χ0n) is 7.86. The molecule has 3 rings (SSSR count). The van der Waals surface area contributed by atoms with Crippen LogP contribution in [0.2, 0.25) is 0 Å². The van der Waals surface area contributed by atoms with Crippen LogP contribution in [0.15, 0.2) is 18.2 Å². The molecule has 1 aliphatic rings. The van der Waals surface area contributed by atoms with Gasteiger partial charge in [0.05, 0.1) is 15.2 Å². The van der Waals surface area contributed by atoms with Gasteiger partial charge in [-0.2, -0.15) is 0 Å². The van der Waals surface area contributed by atoms with Crippen LogP contribution in [0.4, 0.5) is 0 Å². The molecule has 2 nitrogen and oxygen atoms in total. The van der Waals surface area contributed by atoms with Crippen LogP contribution in [0.25, 0.3) is 10.2 Å². The van der Waals surface area contributed by atoms with E-state index in [4.69, 9.17) is 5.73 Å². The average molecular weight is 204 g/mol. The van der Waals surface area contributed by atoms with Crippen LogP contribution in [-0.2, 0) is 6.54 Å². The summed E-state index contributed by atoms with van der Waals surface area (Å²) >= 11 is 1.83. The highest BCUT2D eigenvalue weighted by Crippen LogP contribution is 2.43. The molecule has 0 unspecified atom stereocenters. The molecule has 1 aromatic heterocycles. The number of nitrogens with two attached hydrogens (primary N) is 1. The van der Waals surface area contributed by atoms with E-state index in [1.165, 1.54) is 28.1 Å². The molecular weight excluding hydrogens is 192 g/mol. The van der Waals surface area contributed by atoms with E-state index in [2.05, 4.69) is 17.1 Å². The van der Waals surface area contributed by atoms with Gasteiger partial charge in [-0.25, -0.2) is 4.98 Å². The molecule has 2 N–H and O–H groups in total. The number of nitrogens with zero attached hydrogens (tertiary/aromatic N) is 1. The Kier molecular flexibility index (Phi) is 1.82. The van der Waals surface area contributed by atoms with E-state index in [-0.39, 0.29) is 0 Å². The van der Waals surface area contributed by atoms with Crippen molar-refractivity contribution in [3.8, 4) is 0 Å². The molecule has 0 amide bonds. The van der Waals surface area contributed by atoms with Gasteiger partial charge in [-0.15, -0.1) is 11.3 Å². The number of aromatic nitrogens is 1. The lowest BCUT2D eigenvalue weighted by Crippen LogP contribution is -1.95. The Labute approximate surface area is 86.8 Å². The first-order chi connectivity index (χ1) is 6.88. The number of hydrogen-bond acceptors (Lipinski definition) is 3. The van der Waals surface area contributed by atoms with Gasteiger partial charge in [-0.1, -0.05) is 12.1 Å². The first-order valence-electron chi connectivity index (χ1n) is 4.97. The van der Waals surface area contributed by atoms with Gasteiger partial charge < -0.3 is 5.73 Å². The van der Waals surface area contributed by atoms with Crippen LogP contribution in [0.5, 0.6) is 0 Å². The van der Waals surface area contributed by atoms with Crippen LogP contribution in [0.1, 0.15) is 29.3 Å². The molecule has 2 aromatic rings. The van der Waals surface area contributed by atoms with Gasteiger partial charge in [0.1, 0.15) is 0 Å². The van der Waals surface area contributed by atoms with Gasteiger partial charge >= 0.3 is 0 Å². The van der Waals surface area contributed by atoms with Crippen molar-refractivity contribution in [1.29, 1.82) is 0 Å². The Hall–Kier alpha value is -0.930. The summed E-state index contributed by atoms with van der Waals surface area (Å²) in [4.78, 5) is 4.65. The third-order valence-electron chi connectivity index (χ3n) is 2.66. The summed E-state index contributed by atoms with van der Waals surface area (Å²) in [6, 6.07) is 6.22. The quantitative estimate of drug-likeness (QED) is 0.816. The van der Waals surface area contributed by atoms with Crippen LogP contribution in [0.3, 0.4) is 0 Å². The molecular formula is C11H12N2S. The Morgan fingerprint density at radius 2 is 2.29 bits per heavy atom. The van der Waals surface area contributed by atoms with Crippen LogP contribution in [0, 0.1) is 0 Å². The molecule has 0 spiro atoms. The van der Waals surface area contributed by atoms with Crippen molar-refractivity contribution >= 4 is 21.6 Å².